The first-order valence-corrected chi connectivity index (χ1v) is 12.6. The van der Waals surface area contributed by atoms with Crippen LogP contribution in [0.5, 0.6) is 0 Å². The van der Waals surface area contributed by atoms with Crippen molar-refractivity contribution in [3.8, 4) is 0 Å². The van der Waals surface area contributed by atoms with Gasteiger partial charge < -0.3 is 14.2 Å². The van der Waals surface area contributed by atoms with E-state index >= 15 is 0 Å². The van der Waals surface area contributed by atoms with E-state index in [1.54, 1.807) is 13.8 Å². The number of ether oxygens (including phenoxy) is 3. The van der Waals surface area contributed by atoms with Crippen molar-refractivity contribution in [1.29, 1.82) is 0 Å². The summed E-state index contributed by atoms with van der Waals surface area (Å²) in [6.45, 7) is 11.5. The average Bonchev–Trinajstić information content (AvgIpc) is 2.66. The molecule has 0 radical (unpaired) electrons. The number of alkyl halides is 4. The van der Waals surface area contributed by atoms with E-state index in [-0.39, 0.29) is 13.2 Å². The van der Waals surface area contributed by atoms with E-state index in [9.17, 15) is 9.59 Å². The predicted octanol–water partition coefficient (Wildman–Crippen LogP) is 4.79. The van der Waals surface area contributed by atoms with E-state index in [4.69, 9.17) is 14.2 Å². The first-order valence-electron chi connectivity index (χ1n) is 8.08. The van der Waals surface area contributed by atoms with Crippen LogP contribution in [0.1, 0.15) is 13.8 Å². The highest BCUT2D eigenvalue weighted by Crippen LogP contribution is 2.29. The van der Waals surface area contributed by atoms with Crippen molar-refractivity contribution in [2.24, 2.45) is 10.8 Å². The van der Waals surface area contributed by atoms with Crippen molar-refractivity contribution in [3.05, 3.63) is 24.3 Å². The lowest BCUT2D eigenvalue weighted by Crippen LogP contribution is -2.41. The Kier molecular flexibility index (Phi) is 13.7. The van der Waals surface area contributed by atoms with Crippen LogP contribution in [0.15, 0.2) is 24.3 Å². The van der Waals surface area contributed by atoms with Crippen molar-refractivity contribution in [2.45, 2.75) is 13.8 Å². The molecule has 0 aromatic rings. The Bertz CT molecular complexity index is 482. The van der Waals surface area contributed by atoms with Gasteiger partial charge in [0.25, 0.3) is 0 Å². The first kappa shape index (κ1) is 27.3. The van der Waals surface area contributed by atoms with E-state index in [0.717, 1.165) is 0 Å². The normalized spacial score (nSPS) is 11.8. The molecule has 0 bridgehead atoms. The fraction of sp³-hybridized carbons (Fsp3) is 0.667. The summed E-state index contributed by atoms with van der Waals surface area (Å²) in [6.07, 6.45) is 0. The van der Waals surface area contributed by atoms with Crippen LogP contribution in [-0.2, 0) is 23.8 Å². The molecule has 0 spiro atoms. The Hall–Kier alpha value is 0.300. The van der Waals surface area contributed by atoms with Gasteiger partial charge in [0.1, 0.15) is 13.2 Å². The van der Waals surface area contributed by atoms with Crippen molar-refractivity contribution in [1.82, 2.24) is 0 Å². The highest BCUT2D eigenvalue weighted by molar-refractivity contribution is 9.10. The van der Waals surface area contributed by atoms with Crippen LogP contribution in [0.3, 0.4) is 0 Å². The molecule has 156 valence electrons. The zero-order valence-electron chi connectivity index (χ0n) is 15.6. The van der Waals surface area contributed by atoms with Crippen LogP contribution in [0.25, 0.3) is 0 Å². The zero-order chi connectivity index (χ0) is 21.1. The predicted molar refractivity (Wildman–Crippen MR) is 122 cm³/mol. The van der Waals surface area contributed by atoms with Crippen LogP contribution < -0.4 is 0 Å². The molecule has 0 N–H and O–H groups in total. The number of hydrogen-bond acceptors (Lipinski definition) is 5. The van der Waals surface area contributed by atoms with E-state index in [1.807, 2.05) is 0 Å². The van der Waals surface area contributed by atoms with E-state index in [1.165, 1.54) is 0 Å². The van der Waals surface area contributed by atoms with Gasteiger partial charge in [-0.05, 0) is 13.8 Å². The second-order valence-electron chi connectivity index (χ2n) is 6.74. The summed E-state index contributed by atoms with van der Waals surface area (Å²) in [5.41, 5.74) is -0.148. The standard InChI is InChI=1S/C18H26Br4O5/c1-13(2)15(23)26-11-17(5-19,6-20)9-25-10-18(7-21,8-22)12-27-16(24)14(3)4/h1,3,5-12H2,2,4H3. The molecule has 0 aromatic heterocycles. The number of carbonyl (C=O) groups excluding carboxylic acids is 2. The Balaban J connectivity index is 4.87. The van der Waals surface area contributed by atoms with Crippen LogP contribution in [0.2, 0.25) is 0 Å². The summed E-state index contributed by atoms with van der Waals surface area (Å²) in [4.78, 5) is 23.4. The summed E-state index contributed by atoms with van der Waals surface area (Å²) in [6, 6.07) is 0. The summed E-state index contributed by atoms with van der Waals surface area (Å²) >= 11 is 13.9. The molecule has 0 atom stereocenters. The molecule has 0 aliphatic rings. The maximum absolute atomic E-state index is 11.7. The molecule has 0 amide bonds. The van der Waals surface area contributed by atoms with Gasteiger partial charge in [0.2, 0.25) is 0 Å². The molecule has 0 heterocycles. The number of carbonyl (C=O) groups is 2. The molecule has 0 saturated carbocycles. The lowest BCUT2D eigenvalue weighted by molar-refractivity contribution is -0.144. The summed E-state index contributed by atoms with van der Waals surface area (Å²) in [5.74, 6) is -0.855. The smallest absolute Gasteiger partial charge is 0.333 e. The van der Waals surface area contributed by atoms with Gasteiger partial charge in [-0.25, -0.2) is 9.59 Å². The molecule has 0 fully saturated rings. The molecule has 0 unspecified atom stereocenters. The van der Waals surface area contributed by atoms with Crippen LogP contribution in [0, 0.1) is 10.8 Å². The van der Waals surface area contributed by atoms with Crippen LogP contribution in [0.4, 0.5) is 0 Å². The van der Waals surface area contributed by atoms with E-state index < -0.39 is 22.8 Å². The molecule has 0 aliphatic heterocycles. The van der Waals surface area contributed by atoms with Crippen LogP contribution in [-0.4, -0.2) is 59.7 Å². The van der Waals surface area contributed by atoms with Gasteiger partial charge >= 0.3 is 11.9 Å². The van der Waals surface area contributed by atoms with Gasteiger partial charge in [0, 0.05) is 43.3 Å². The molecule has 0 aliphatic carbocycles. The Morgan fingerprint density at radius 1 is 0.704 bits per heavy atom. The topological polar surface area (TPSA) is 61.8 Å². The summed E-state index contributed by atoms with van der Waals surface area (Å²) in [7, 11) is 0. The summed E-state index contributed by atoms with van der Waals surface area (Å²) < 4.78 is 16.6. The van der Waals surface area contributed by atoms with Crippen LogP contribution >= 0.6 is 63.7 Å². The fourth-order valence-electron chi connectivity index (χ4n) is 1.63. The average molecular weight is 642 g/mol. The molecular formula is C18H26Br4O5. The van der Waals surface area contributed by atoms with Gasteiger partial charge in [-0.15, -0.1) is 0 Å². The number of esters is 2. The number of rotatable bonds is 14. The van der Waals surface area contributed by atoms with E-state index in [0.29, 0.717) is 45.7 Å². The van der Waals surface area contributed by atoms with Gasteiger partial charge in [-0.1, -0.05) is 76.9 Å². The molecule has 0 rings (SSSR count). The lowest BCUT2D eigenvalue weighted by Gasteiger charge is -2.33. The highest BCUT2D eigenvalue weighted by atomic mass is 79.9. The Morgan fingerprint density at radius 3 is 1.22 bits per heavy atom. The Labute approximate surface area is 195 Å². The molecule has 27 heavy (non-hydrogen) atoms. The lowest BCUT2D eigenvalue weighted by atomic mass is 9.94. The largest absolute Gasteiger partial charge is 0.462 e. The molecule has 5 nitrogen and oxygen atoms in total. The minimum Gasteiger partial charge on any atom is -0.462 e. The molecule has 0 aromatic carbocycles. The van der Waals surface area contributed by atoms with E-state index in [2.05, 4.69) is 76.9 Å². The third-order valence-corrected chi connectivity index (χ3v) is 8.42. The summed E-state index contributed by atoms with van der Waals surface area (Å²) in [5, 5.41) is 2.31. The highest BCUT2D eigenvalue weighted by Gasteiger charge is 2.34. The molecule has 0 saturated heterocycles. The maximum Gasteiger partial charge on any atom is 0.333 e. The Morgan fingerprint density at radius 2 is 1.00 bits per heavy atom. The molecular weight excluding hydrogens is 616 g/mol. The number of halogens is 4. The molecule has 9 heteroatoms. The quantitative estimate of drug-likeness (QED) is 0.155. The van der Waals surface area contributed by atoms with Crippen molar-refractivity contribution < 1.29 is 23.8 Å². The van der Waals surface area contributed by atoms with Crippen molar-refractivity contribution in [2.75, 3.05) is 47.7 Å². The monoisotopic (exact) mass is 638 g/mol. The van der Waals surface area contributed by atoms with Crippen molar-refractivity contribution >= 4 is 75.7 Å². The van der Waals surface area contributed by atoms with Gasteiger partial charge in [-0.2, -0.15) is 0 Å². The van der Waals surface area contributed by atoms with Crippen molar-refractivity contribution in [3.63, 3.8) is 0 Å². The second-order valence-corrected chi connectivity index (χ2v) is 8.98. The SMILES string of the molecule is C=C(C)C(=O)OCC(CBr)(CBr)COCC(CBr)(CBr)COC(=O)C(=C)C. The third-order valence-electron chi connectivity index (χ3n) is 3.67. The minimum atomic E-state index is -0.428. The third kappa shape index (κ3) is 9.56. The maximum atomic E-state index is 11.7. The van der Waals surface area contributed by atoms with Gasteiger partial charge in [0.15, 0.2) is 0 Å². The first-order chi connectivity index (χ1) is 12.6. The van der Waals surface area contributed by atoms with Gasteiger partial charge in [0.05, 0.1) is 13.2 Å². The minimum absolute atomic E-state index is 0.190. The van der Waals surface area contributed by atoms with Gasteiger partial charge in [-0.3, -0.25) is 0 Å². The zero-order valence-corrected chi connectivity index (χ0v) is 22.0. The number of hydrogen-bond donors (Lipinski definition) is 0. The second kappa shape index (κ2) is 13.5. The fourth-order valence-corrected chi connectivity index (χ4v) is 4.78.